The molecule has 4 heteroatoms. The molecule has 0 unspecified atom stereocenters. The number of hydrogen-bond donors (Lipinski definition) is 0. The summed E-state index contributed by atoms with van der Waals surface area (Å²) in [5.74, 6) is -0.0149. The van der Waals surface area contributed by atoms with E-state index in [9.17, 15) is 9.00 Å². The average Bonchev–Trinajstić information content (AvgIpc) is 2.87. The second kappa shape index (κ2) is 3.27. The summed E-state index contributed by atoms with van der Waals surface area (Å²) < 4.78 is 18.0. The molecule has 3 rings (SSSR count). The fraction of sp³-hybridized carbons (Fsp3) is 0.462. The number of Topliss-reactive ketones (excluding diaryl/α,β-unsaturated/α-hetero) is 1. The highest BCUT2D eigenvalue weighted by Crippen LogP contribution is 2.60. The summed E-state index contributed by atoms with van der Waals surface area (Å²) >= 11 is 0. The Kier molecular flexibility index (Phi) is 2.14. The molecule has 3 atom stereocenters. The van der Waals surface area contributed by atoms with E-state index >= 15 is 0 Å². The van der Waals surface area contributed by atoms with Gasteiger partial charge in [-0.25, -0.2) is 0 Å². The molecule has 1 aliphatic carbocycles. The van der Waals surface area contributed by atoms with Crippen LogP contribution in [-0.2, 0) is 20.3 Å². The number of ether oxygens (including phenoxy) is 1. The zero-order chi connectivity index (χ0) is 12.3. The fourth-order valence-electron chi connectivity index (χ4n) is 2.54. The zero-order valence-electron chi connectivity index (χ0n) is 9.86. The fourth-order valence-corrected chi connectivity index (χ4v) is 4.32. The summed E-state index contributed by atoms with van der Waals surface area (Å²) in [4.78, 5) is 11.5. The number of carbonyl (C=O) groups excluding carboxylic acids is 1. The number of hydrogen-bond acceptors (Lipinski definition) is 3. The van der Waals surface area contributed by atoms with Gasteiger partial charge in [-0.2, -0.15) is 0 Å². The van der Waals surface area contributed by atoms with Gasteiger partial charge in [0.15, 0.2) is 5.78 Å². The Labute approximate surface area is 103 Å². The normalized spacial score (nSPS) is 36.7. The minimum absolute atomic E-state index is 0.0149. The lowest BCUT2D eigenvalue weighted by atomic mass is 10.1. The largest absolute Gasteiger partial charge is 0.341 e. The molecule has 0 radical (unpaired) electrons. The van der Waals surface area contributed by atoms with Gasteiger partial charge in [0.2, 0.25) is 4.93 Å². The van der Waals surface area contributed by atoms with Crippen molar-refractivity contribution in [3.8, 4) is 0 Å². The van der Waals surface area contributed by atoms with Crippen molar-refractivity contribution in [1.29, 1.82) is 0 Å². The van der Waals surface area contributed by atoms with Gasteiger partial charge < -0.3 is 4.74 Å². The van der Waals surface area contributed by atoms with Crippen LogP contribution in [0, 0.1) is 6.92 Å². The van der Waals surface area contributed by atoms with Crippen molar-refractivity contribution in [1.82, 2.24) is 0 Å². The number of benzene rings is 1. The van der Waals surface area contributed by atoms with E-state index in [0.717, 1.165) is 5.56 Å². The minimum Gasteiger partial charge on any atom is -0.341 e. The third-order valence-electron chi connectivity index (χ3n) is 3.72. The molecule has 1 aromatic rings. The van der Waals surface area contributed by atoms with E-state index in [2.05, 4.69) is 0 Å². The highest BCUT2D eigenvalue weighted by atomic mass is 32.2. The third-order valence-corrected chi connectivity index (χ3v) is 5.68. The number of ketones is 1. The first kappa shape index (κ1) is 11.1. The lowest BCUT2D eigenvalue weighted by Gasteiger charge is -2.08. The van der Waals surface area contributed by atoms with Crippen LogP contribution in [0.1, 0.15) is 25.3 Å². The molecule has 0 N–H and O–H groups in total. The first-order valence-electron chi connectivity index (χ1n) is 5.72. The van der Waals surface area contributed by atoms with Gasteiger partial charge in [-0.15, -0.1) is 0 Å². The van der Waals surface area contributed by atoms with Gasteiger partial charge in [-0.3, -0.25) is 9.00 Å². The monoisotopic (exact) mass is 250 g/mol. The van der Waals surface area contributed by atoms with E-state index in [-0.39, 0.29) is 5.78 Å². The summed E-state index contributed by atoms with van der Waals surface area (Å²) in [6.07, 6.45) is 1.16. The maximum absolute atomic E-state index is 12.5. The zero-order valence-corrected chi connectivity index (χ0v) is 10.7. The first-order valence-corrected chi connectivity index (χ1v) is 6.87. The Hall–Kier alpha value is -1.00. The van der Waals surface area contributed by atoms with Crippen LogP contribution in [0.5, 0.6) is 0 Å². The molecule has 1 aromatic carbocycles. The Bertz CT molecular complexity index is 522. The van der Waals surface area contributed by atoms with Gasteiger partial charge in [-0.1, -0.05) is 17.7 Å². The molecule has 2 fully saturated rings. The average molecular weight is 250 g/mol. The predicted molar refractivity (Wildman–Crippen MR) is 64.0 cm³/mol. The molecule has 0 bridgehead atoms. The number of aryl methyl sites for hydroxylation is 1. The van der Waals surface area contributed by atoms with Crippen LogP contribution in [0.15, 0.2) is 29.2 Å². The topological polar surface area (TPSA) is 46.7 Å². The van der Waals surface area contributed by atoms with Gasteiger partial charge in [0, 0.05) is 11.3 Å². The number of carbonyl (C=O) groups is 1. The van der Waals surface area contributed by atoms with E-state index in [1.54, 1.807) is 0 Å². The Morgan fingerprint density at radius 2 is 1.94 bits per heavy atom. The van der Waals surface area contributed by atoms with Gasteiger partial charge in [-0.05, 0) is 32.4 Å². The van der Waals surface area contributed by atoms with Crippen LogP contribution in [0.3, 0.4) is 0 Å². The number of epoxide rings is 1. The van der Waals surface area contributed by atoms with Crippen LogP contribution in [-0.4, -0.2) is 20.5 Å². The van der Waals surface area contributed by atoms with Gasteiger partial charge in [0.25, 0.3) is 0 Å². The lowest BCUT2D eigenvalue weighted by molar-refractivity contribution is -0.121. The summed E-state index contributed by atoms with van der Waals surface area (Å²) in [6, 6.07) is 7.44. The van der Waals surface area contributed by atoms with E-state index in [1.807, 2.05) is 38.1 Å². The van der Waals surface area contributed by atoms with Crippen molar-refractivity contribution in [2.45, 2.75) is 42.1 Å². The maximum Gasteiger partial charge on any atom is 0.235 e. The second-order valence-electron chi connectivity index (χ2n) is 4.95. The van der Waals surface area contributed by atoms with Crippen LogP contribution in [0.2, 0.25) is 0 Å². The van der Waals surface area contributed by atoms with Crippen LogP contribution < -0.4 is 0 Å². The molecule has 90 valence electrons. The molecule has 1 aliphatic heterocycles. The summed E-state index contributed by atoms with van der Waals surface area (Å²) in [6.45, 7) is 3.85. The molecule has 1 heterocycles. The standard InChI is InChI=1S/C13H14O3S/c1-9-3-5-10(6-4-9)17(15)13-11(14)7-8-12(13,2)16-13/h3-6H,7-8H2,1-2H3/t12-,13-,17+/m0/s1. The van der Waals surface area contributed by atoms with Crippen LogP contribution in [0.25, 0.3) is 0 Å². The summed E-state index contributed by atoms with van der Waals surface area (Å²) in [7, 11) is -1.40. The molecule has 1 saturated carbocycles. The summed E-state index contributed by atoms with van der Waals surface area (Å²) in [5, 5.41) is 0. The molecule has 2 aliphatic rings. The minimum atomic E-state index is -1.40. The SMILES string of the molecule is Cc1ccc([S@@](=O)[C@]23O[C@@]2(C)CCC3=O)cc1. The first-order chi connectivity index (χ1) is 7.99. The van der Waals surface area contributed by atoms with E-state index in [0.29, 0.717) is 17.7 Å². The van der Waals surface area contributed by atoms with Crippen molar-refractivity contribution in [3.05, 3.63) is 29.8 Å². The quantitative estimate of drug-likeness (QED) is 0.754. The van der Waals surface area contributed by atoms with E-state index < -0.39 is 21.3 Å². The molecular weight excluding hydrogens is 236 g/mol. The Morgan fingerprint density at radius 3 is 2.41 bits per heavy atom. The second-order valence-corrected chi connectivity index (χ2v) is 6.54. The van der Waals surface area contributed by atoms with E-state index in [4.69, 9.17) is 4.74 Å². The Balaban J connectivity index is 1.99. The third kappa shape index (κ3) is 1.31. The molecule has 1 saturated heterocycles. The van der Waals surface area contributed by atoms with Crippen LogP contribution >= 0.6 is 0 Å². The molecule has 0 spiro atoms. The molecule has 0 amide bonds. The van der Waals surface area contributed by atoms with Gasteiger partial charge in [0.1, 0.15) is 5.60 Å². The van der Waals surface area contributed by atoms with Crippen molar-refractivity contribution in [2.75, 3.05) is 0 Å². The molecule has 0 aromatic heterocycles. The molecule has 3 nitrogen and oxygen atoms in total. The lowest BCUT2D eigenvalue weighted by Crippen LogP contribution is -2.30. The highest BCUT2D eigenvalue weighted by Gasteiger charge is 2.78. The smallest absolute Gasteiger partial charge is 0.235 e. The van der Waals surface area contributed by atoms with Crippen molar-refractivity contribution in [2.24, 2.45) is 0 Å². The number of rotatable bonds is 2. The van der Waals surface area contributed by atoms with Gasteiger partial charge >= 0.3 is 0 Å². The van der Waals surface area contributed by atoms with Crippen molar-refractivity contribution >= 4 is 16.6 Å². The maximum atomic E-state index is 12.5. The predicted octanol–water partition coefficient (Wildman–Crippen LogP) is 1.95. The Morgan fingerprint density at radius 1 is 1.29 bits per heavy atom. The highest BCUT2D eigenvalue weighted by molar-refractivity contribution is 7.87. The van der Waals surface area contributed by atoms with Crippen molar-refractivity contribution < 1.29 is 13.7 Å². The van der Waals surface area contributed by atoms with Gasteiger partial charge in [0.05, 0.1) is 10.8 Å². The van der Waals surface area contributed by atoms with E-state index in [1.165, 1.54) is 0 Å². The van der Waals surface area contributed by atoms with Crippen LogP contribution in [0.4, 0.5) is 0 Å². The molecule has 17 heavy (non-hydrogen) atoms. The molecular formula is C13H14O3S. The summed E-state index contributed by atoms with van der Waals surface area (Å²) in [5.41, 5.74) is 0.611. The number of fused-ring (bicyclic) bond motifs is 1. The van der Waals surface area contributed by atoms with Crippen molar-refractivity contribution in [3.63, 3.8) is 0 Å².